The van der Waals surface area contributed by atoms with Gasteiger partial charge in [-0.15, -0.1) is 0 Å². The first-order valence-electron chi connectivity index (χ1n) is 6.21. The van der Waals surface area contributed by atoms with E-state index in [2.05, 4.69) is 0 Å². The van der Waals surface area contributed by atoms with E-state index >= 15 is 0 Å². The van der Waals surface area contributed by atoms with Crippen LogP contribution in [-0.2, 0) is 23.9 Å². The molecule has 1 aliphatic rings. The van der Waals surface area contributed by atoms with E-state index in [0.717, 1.165) is 12.8 Å². The van der Waals surface area contributed by atoms with Crippen molar-refractivity contribution in [1.29, 1.82) is 0 Å². The number of carbonyl (C=O) groups is 3. The highest BCUT2D eigenvalue weighted by molar-refractivity contribution is 5.88. The van der Waals surface area contributed by atoms with Crippen LogP contribution < -0.4 is 0 Å². The summed E-state index contributed by atoms with van der Waals surface area (Å²) in [5.74, 6) is -3.31. The van der Waals surface area contributed by atoms with E-state index in [1.54, 1.807) is 0 Å². The van der Waals surface area contributed by atoms with Crippen LogP contribution in [0.4, 0.5) is 0 Å². The fourth-order valence-electron chi connectivity index (χ4n) is 1.72. The van der Waals surface area contributed by atoms with Crippen LogP contribution in [-0.4, -0.2) is 46.9 Å². The molecule has 0 radical (unpaired) electrons. The van der Waals surface area contributed by atoms with Crippen molar-refractivity contribution in [3.63, 3.8) is 0 Å². The van der Waals surface area contributed by atoms with Gasteiger partial charge in [0.15, 0.2) is 5.60 Å². The predicted molar refractivity (Wildman–Crippen MR) is 62.2 cm³/mol. The maximum Gasteiger partial charge on any atom is 0.336 e. The Labute approximate surface area is 110 Å². The van der Waals surface area contributed by atoms with Crippen LogP contribution in [0.5, 0.6) is 0 Å². The molecule has 0 unspecified atom stereocenters. The molecule has 7 nitrogen and oxygen atoms in total. The molecule has 1 heterocycles. The Kier molecular flexibility index (Phi) is 5.75. The molecule has 0 aliphatic carbocycles. The first-order valence-corrected chi connectivity index (χ1v) is 6.21. The summed E-state index contributed by atoms with van der Waals surface area (Å²) in [7, 11) is 0. The Hall–Kier alpha value is -1.63. The second-order valence-electron chi connectivity index (χ2n) is 4.55. The summed E-state index contributed by atoms with van der Waals surface area (Å²) in [4.78, 5) is 33.8. The number of esters is 2. The molecule has 1 saturated heterocycles. The molecule has 0 atom stereocenters. The number of carboxylic acid groups (broad SMARTS) is 1. The monoisotopic (exact) mass is 274 g/mol. The molecule has 0 amide bonds. The Bertz CT molecular complexity index is 326. The van der Waals surface area contributed by atoms with E-state index in [4.69, 9.17) is 14.6 Å². The van der Waals surface area contributed by atoms with Gasteiger partial charge in [0.05, 0.1) is 26.1 Å². The second-order valence-corrected chi connectivity index (χ2v) is 4.55. The zero-order chi connectivity index (χ0) is 14.3. The lowest BCUT2D eigenvalue weighted by molar-refractivity contribution is -0.173. The van der Waals surface area contributed by atoms with Crippen LogP contribution in [0.25, 0.3) is 0 Å². The summed E-state index contributed by atoms with van der Waals surface area (Å²) < 4.78 is 9.64. The van der Waals surface area contributed by atoms with Gasteiger partial charge in [-0.1, -0.05) is 0 Å². The second kappa shape index (κ2) is 7.08. The standard InChI is InChI=1S/C12H18O7/c13-9-7-12(17,11(15)16)8-10(14)19-6-4-2-1-3-5-18-9/h17H,1-8H2,(H,15,16). The molecule has 108 valence electrons. The fraction of sp³-hybridized carbons (Fsp3) is 0.750. The number of carbonyl (C=O) groups excluding carboxylic acids is 2. The number of ether oxygens (including phenoxy) is 2. The van der Waals surface area contributed by atoms with Gasteiger partial charge < -0.3 is 19.7 Å². The molecule has 0 bridgehead atoms. The normalized spacial score (nSPS) is 22.2. The van der Waals surface area contributed by atoms with Gasteiger partial charge in [-0.3, -0.25) is 9.59 Å². The number of rotatable bonds is 1. The van der Waals surface area contributed by atoms with E-state index in [1.807, 2.05) is 0 Å². The molecule has 7 heteroatoms. The molecule has 0 aromatic rings. The third-order valence-electron chi connectivity index (χ3n) is 2.84. The van der Waals surface area contributed by atoms with E-state index in [-0.39, 0.29) is 13.2 Å². The summed E-state index contributed by atoms with van der Waals surface area (Å²) in [6.07, 6.45) is 1.44. The van der Waals surface area contributed by atoms with Crippen LogP contribution in [0.15, 0.2) is 0 Å². The molecular formula is C12H18O7. The smallest absolute Gasteiger partial charge is 0.336 e. The van der Waals surface area contributed by atoms with E-state index in [9.17, 15) is 19.5 Å². The van der Waals surface area contributed by atoms with Crippen LogP contribution in [0, 0.1) is 0 Å². The zero-order valence-corrected chi connectivity index (χ0v) is 10.6. The van der Waals surface area contributed by atoms with Crippen molar-refractivity contribution in [3.05, 3.63) is 0 Å². The van der Waals surface area contributed by atoms with Crippen molar-refractivity contribution < 1.29 is 34.1 Å². The molecule has 1 aliphatic heterocycles. The average Bonchev–Trinajstić information content (AvgIpc) is 2.32. The zero-order valence-electron chi connectivity index (χ0n) is 10.6. The minimum atomic E-state index is -2.47. The fourth-order valence-corrected chi connectivity index (χ4v) is 1.72. The van der Waals surface area contributed by atoms with Crippen molar-refractivity contribution in [2.75, 3.05) is 13.2 Å². The number of aliphatic hydroxyl groups is 1. The number of cyclic esters (lactones) is 2. The molecule has 0 saturated carbocycles. The number of hydrogen-bond donors (Lipinski definition) is 2. The molecule has 0 aromatic carbocycles. The Morgan fingerprint density at radius 1 is 0.947 bits per heavy atom. The van der Waals surface area contributed by atoms with Gasteiger partial charge >= 0.3 is 17.9 Å². The van der Waals surface area contributed by atoms with Gasteiger partial charge in [0.2, 0.25) is 0 Å². The average molecular weight is 274 g/mol. The van der Waals surface area contributed by atoms with E-state index in [0.29, 0.717) is 12.8 Å². The van der Waals surface area contributed by atoms with Crippen molar-refractivity contribution in [3.8, 4) is 0 Å². The highest BCUT2D eigenvalue weighted by Crippen LogP contribution is 2.18. The molecule has 2 N–H and O–H groups in total. The van der Waals surface area contributed by atoms with Crippen molar-refractivity contribution in [2.45, 2.75) is 44.1 Å². The summed E-state index contributed by atoms with van der Waals surface area (Å²) >= 11 is 0. The molecule has 19 heavy (non-hydrogen) atoms. The topological polar surface area (TPSA) is 110 Å². The summed E-state index contributed by atoms with van der Waals surface area (Å²) in [6, 6.07) is 0. The Balaban J connectivity index is 2.74. The number of hydrogen-bond acceptors (Lipinski definition) is 6. The van der Waals surface area contributed by atoms with Gasteiger partial charge in [0, 0.05) is 0 Å². The Morgan fingerprint density at radius 3 is 1.74 bits per heavy atom. The van der Waals surface area contributed by atoms with E-state index in [1.165, 1.54) is 0 Å². The lowest BCUT2D eigenvalue weighted by Gasteiger charge is -2.21. The first kappa shape index (κ1) is 15.4. The van der Waals surface area contributed by atoms with Gasteiger partial charge in [-0.25, -0.2) is 4.79 Å². The highest BCUT2D eigenvalue weighted by Gasteiger charge is 2.42. The van der Waals surface area contributed by atoms with Crippen LogP contribution >= 0.6 is 0 Å². The molecule has 1 fully saturated rings. The van der Waals surface area contributed by atoms with Crippen molar-refractivity contribution in [1.82, 2.24) is 0 Å². The summed E-state index contributed by atoms with van der Waals surface area (Å²) in [5, 5.41) is 18.8. The molecular weight excluding hydrogens is 256 g/mol. The molecule has 0 spiro atoms. The van der Waals surface area contributed by atoms with Gasteiger partial charge in [0.1, 0.15) is 0 Å². The SMILES string of the molecule is O=C1CC(O)(C(=O)O)CC(=O)OCCCCCCO1. The van der Waals surface area contributed by atoms with Crippen LogP contribution in [0.3, 0.4) is 0 Å². The lowest BCUT2D eigenvalue weighted by atomic mass is 9.96. The maximum atomic E-state index is 11.4. The lowest BCUT2D eigenvalue weighted by Crippen LogP contribution is -2.43. The summed E-state index contributed by atoms with van der Waals surface area (Å²) in [5.41, 5.74) is -2.47. The largest absolute Gasteiger partial charge is 0.479 e. The highest BCUT2D eigenvalue weighted by atomic mass is 16.5. The minimum Gasteiger partial charge on any atom is -0.479 e. The van der Waals surface area contributed by atoms with Crippen LogP contribution in [0.1, 0.15) is 38.5 Å². The van der Waals surface area contributed by atoms with Gasteiger partial charge in [0.25, 0.3) is 0 Å². The quantitative estimate of drug-likeness (QED) is 0.659. The third kappa shape index (κ3) is 5.25. The summed E-state index contributed by atoms with van der Waals surface area (Å²) in [6.45, 7) is 0.368. The van der Waals surface area contributed by atoms with Gasteiger partial charge in [-0.2, -0.15) is 0 Å². The van der Waals surface area contributed by atoms with Crippen molar-refractivity contribution >= 4 is 17.9 Å². The third-order valence-corrected chi connectivity index (χ3v) is 2.84. The predicted octanol–water partition coefficient (Wildman–Crippen LogP) is 0.243. The molecule has 1 rings (SSSR count). The minimum absolute atomic E-state index is 0.184. The maximum absolute atomic E-state index is 11.4. The first-order chi connectivity index (χ1) is 8.94. The number of aliphatic carboxylic acids is 1. The van der Waals surface area contributed by atoms with Gasteiger partial charge in [-0.05, 0) is 25.7 Å². The molecule has 0 aromatic heterocycles. The van der Waals surface area contributed by atoms with Crippen molar-refractivity contribution in [2.24, 2.45) is 0 Å². The Morgan fingerprint density at radius 2 is 1.37 bits per heavy atom. The van der Waals surface area contributed by atoms with E-state index < -0.39 is 36.4 Å². The number of carboxylic acids is 1. The van der Waals surface area contributed by atoms with Crippen LogP contribution in [0.2, 0.25) is 0 Å².